The Kier molecular flexibility index (Phi) is 5.80. The van der Waals surface area contributed by atoms with Crippen molar-refractivity contribution in [2.75, 3.05) is 18.7 Å². The van der Waals surface area contributed by atoms with Crippen LogP contribution in [0.3, 0.4) is 0 Å². The molecule has 3 rings (SSSR count). The molecule has 2 N–H and O–H groups in total. The van der Waals surface area contributed by atoms with Crippen molar-refractivity contribution >= 4 is 17.5 Å². The third kappa shape index (κ3) is 4.91. The number of hydrogen-bond acceptors (Lipinski definition) is 5. The number of carbonyl (C=O) groups excluding carboxylic acids is 2. The molecule has 1 heterocycles. The fraction of sp³-hybridized carbons (Fsp3) is 0.300. The van der Waals surface area contributed by atoms with Crippen LogP contribution in [-0.4, -0.2) is 31.3 Å². The maximum atomic E-state index is 12.6. The number of benzene rings is 2. The highest BCUT2D eigenvalue weighted by Gasteiger charge is 2.25. The minimum Gasteiger partial charge on any atom is -0.484 e. The molecule has 7 nitrogen and oxygen atoms in total. The Morgan fingerprint density at radius 2 is 1.81 bits per heavy atom. The highest BCUT2D eigenvalue weighted by molar-refractivity contribution is 5.97. The minimum absolute atomic E-state index is 0.0975. The molecule has 0 spiro atoms. The normalized spacial score (nSPS) is 13.1. The molecule has 0 aromatic heterocycles. The zero-order chi connectivity index (χ0) is 19.2. The second-order valence-corrected chi connectivity index (χ2v) is 6.45. The number of nitrogens with one attached hydrogen (secondary N) is 2. The van der Waals surface area contributed by atoms with E-state index < -0.39 is 6.04 Å². The molecule has 0 unspecified atom stereocenters. The molecule has 27 heavy (non-hydrogen) atoms. The van der Waals surface area contributed by atoms with Gasteiger partial charge in [-0.05, 0) is 30.2 Å². The van der Waals surface area contributed by atoms with Gasteiger partial charge in [0.1, 0.15) is 11.8 Å². The van der Waals surface area contributed by atoms with Gasteiger partial charge in [-0.1, -0.05) is 32.0 Å². The van der Waals surface area contributed by atoms with Crippen LogP contribution in [0.2, 0.25) is 0 Å². The number of para-hydroxylation sites is 1. The van der Waals surface area contributed by atoms with Crippen LogP contribution in [0.4, 0.5) is 5.69 Å². The molecule has 0 saturated carbocycles. The van der Waals surface area contributed by atoms with Crippen molar-refractivity contribution in [2.24, 2.45) is 5.92 Å². The van der Waals surface area contributed by atoms with E-state index in [1.807, 2.05) is 32.0 Å². The van der Waals surface area contributed by atoms with E-state index in [1.165, 1.54) is 0 Å². The maximum absolute atomic E-state index is 12.6. The SMILES string of the molecule is CC(C)[C@H](NC(=O)COc1ccccc1)C(=O)Nc1ccc2c(c1)OCO2. The van der Waals surface area contributed by atoms with Crippen LogP contribution in [0.15, 0.2) is 48.5 Å². The summed E-state index contributed by atoms with van der Waals surface area (Å²) in [6, 6.07) is 13.5. The number of fused-ring (bicyclic) bond motifs is 1. The van der Waals surface area contributed by atoms with Crippen molar-refractivity contribution < 1.29 is 23.8 Å². The van der Waals surface area contributed by atoms with Crippen LogP contribution >= 0.6 is 0 Å². The molecule has 2 amide bonds. The molecule has 2 aromatic rings. The lowest BCUT2D eigenvalue weighted by Gasteiger charge is -2.22. The zero-order valence-electron chi connectivity index (χ0n) is 15.2. The summed E-state index contributed by atoms with van der Waals surface area (Å²) in [5.41, 5.74) is 0.574. The fourth-order valence-corrected chi connectivity index (χ4v) is 2.61. The Morgan fingerprint density at radius 3 is 2.56 bits per heavy atom. The first-order valence-electron chi connectivity index (χ1n) is 8.70. The van der Waals surface area contributed by atoms with Gasteiger partial charge in [-0.2, -0.15) is 0 Å². The standard InChI is InChI=1S/C20H22N2O5/c1-13(2)19(22-18(23)11-25-15-6-4-3-5-7-15)20(24)21-14-8-9-16-17(10-14)27-12-26-16/h3-10,13,19H,11-12H2,1-2H3,(H,21,24)(H,22,23)/t19-/m0/s1. The predicted octanol–water partition coefficient (Wildman–Crippen LogP) is 2.57. The van der Waals surface area contributed by atoms with Gasteiger partial charge < -0.3 is 24.8 Å². The van der Waals surface area contributed by atoms with E-state index in [0.717, 1.165) is 0 Å². The Balaban J connectivity index is 1.57. The Bertz CT molecular complexity index is 807. The molecule has 2 aromatic carbocycles. The number of rotatable bonds is 7. The lowest BCUT2D eigenvalue weighted by Crippen LogP contribution is -2.48. The summed E-state index contributed by atoms with van der Waals surface area (Å²) in [5, 5.41) is 5.53. The van der Waals surface area contributed by atoms with Gasteiger partial charge in [-0.3, -0.25) is 9.59 Å². The van der Waals surface area contributed by atoms with Gasteiger partial charge in [0.2, 0.25) is 12.7 Å². The van der Waals surface area contributed by atoms with Crippen molar-refractivity contribution in [3.63, 3.8) is 0 Å². The van der Waals surface area contributed by atoms with Gasteiger partial charge in [0, 0.05) is 11.8 Å². The average Bonchev–Trinajstić information content (AvgIpc) is 3.12. The monoisotopic (exact) mass is 370 g/mol. The lowest BCUT2D eigenvalue weighted by atomic mass is 10.0. The highest BCUT2D eigenvalue weighted by Crippen LogP contribution is 2.34. The molecule has 7 heteroatoms. The predicted molar refractivity (Wildman–Crippen MR) is 99.9 cm³/mol. The lowest BCUT2D eigenvalue weighted by molar-refractivity contribution is -0.128. The maximum Gasteiger partial charge on any atom is 0.258 e. The van der Waals surface area contributed by atoms with Crippen molar-refractivity contribution in [1.82, 2.24) is 5.32 Å². The number of ether oxygens (including phenoxy) is 3. The van der Waals surface area contributed by atoms with Crippen LogP contribution in [-0.2, 0) is 9.59 Å². The molecule has 1 aliphatic rings. The largest absolute Gasteiger partial charge is 0.484 e. The summed E-state index contributed by atoms with van der Waals surface area (Å²) >= 11 is 0. The summed E-state index contributed by atoms with van der Waals surface area (Å²) in [4.78, 5) is 24.8. The van der Waals surface area contributed by atoms with Gasteiger partial charge in [0.25, 0.3) is 5.91 Å². The first kappa shape index (κ1) is 18.6. The molecular formula is C20H22N2O5. The van der Waals surface area contributed by atoms with Gasteiger partial charge in [-0.15, -0.1) is 0 Å². The summed E-state index contributed by atoms with van der Waals surface area (Å²) in [5.74, 6) is 1.04. The summed E-state index contributed by atoms with van der Waals surface area (Å²) in [6.07, 6.45) is 0. The fourth-order valence-electron chi connectivity index (χ4n) is 2.61. The Hall–Kier alpha value is -3.22. The molecular weight excluding hydrogens is 348 g/mol. The third-order valence-corrected chi connectivity index (χ3v) is 4.02. The average molecular weight is 370 g/mol. The molecule has 0 aliphatic carbocycles. The number of hydrogen-bond donors (Lipinski definition) is 2. The number of anilines is 1. The van der Waals surface area contributed by atoms with E-state index in [0.29, 0.717) is 22.9 Å². The van der Waals surface area contributed by atoms with E-state index in [2.05, 4.69) is 10.6 Å². The van der Waals surface area contributed by atoms with Crippen molar-refractivity contribution in [2.45, 2.75) is 19.9 Å². The summed E-state index contributed by atoms with van der Waals surface area (Å²) in [7, 11) is 0. The van der Waals surface area contributed by atoms with E-state index in [9.17, 15) is 9.59 Å². The van der Waals surface area contributed by atoms with E-state index in [-0.39, 0.29) is 31.1 Å². The summed E-state index contributed by atoms with van der Waals surface area (Å²) in [6.45, 7) is 3.73. The smallest absolute Gasteiger partial charge is 0.258 e. The zero-order valence-corrected chi connectivity index (χ0v) is 15.2. The number of carbonyl (C=O) groups is 2. The second-order valence-electron chi connectivity index (χ2n) is 6.45. The molecule has 0 fully saturated rings. The van der Waals surface area contributed by atoms with Crippen LogP contribution in [0.25, 0.3) is 0 Å². The third-order valence-electron chi connectivity index (χ3n) is 4.02. The first-order chi connectivity index (χ1) is 13.0. The van der Waals surface area contributed by atoms with Crippen molar-refractivity contribution in [3.05, 3.63) is 48.5 Å². The van der Waals surface area contributed by atoms with E-state index >= 15 is 0 Å². The van der Waals surface area contributed by atoms with Crippen LogP contribution in [0.1, 0.15) is 13.8 Å². The molecule has 142 valence electrons. The van der Waals surface area contributed by atoms with E-state index in [1.54, 1.807) is 30.3 Å². The first-order valence-corrected chi connectivity index (χ1v) is 8.70. The van der Waals surface area contributed by atoms with Crippen molar-refractivity contribution in [3.8, 4) is 17.2 Å². The molecule has 1 atom stereocenters. The van der Waals surface area contributed by atoms with Gasteiger partial charge >= 0.3 is 0 Å². The molecule has 0 saturated heterocycles. The Morgan fingerprint density at radius 1 is 1.07 bits per heavy atom. The molecule has 0 bridgehead atoms. The van der Waals surface area contributed by atoms with Gasteiger partial charge in [0.15, 0.2) is 18.1 Å². The topological polar surface area (TPSA) is 85.9 Å². The number of amides is 2. The van der Waals surface area contributed by atoms with Gasteiger partial charge in [-0.25, -0.2) is 0 Å². The molecule has 0 radical (unpaired) electrons. The summed E-state index contributed by atoms with van der Waals surface area (Å²) < 4.78 is 16.0. The van der Waals surface area contributed by atoms with Crippen molar-refractivity contribution in [1.29, 1.82) is 0 Å². The Labute approximate surface area is 157 Å². The van der Waals surface area contributed by atoms with E-state index in [4.69, 9.17) is 14.2 Å². The highest BCUT2D eigenvalue weighted by atomic mass is 16.7. The van der Waals surface area contributed by atoms with Crippen LogP contribution < -0.4 is 24.8 Å². The minimum atomic E-state index is -0.692. The quantitative estimate of drug-likeness (QED) is 0.782. The van der Waals surface area contributed by atoms with Crippen LogP contribution in [0, 0.1) is 5.92 Å². The molecule has 1 aliphatic heterocycles. The second kappa shape index (κ2) is 8.44. The van der Waals surface area contributed by atoms with Gasteiger partial charge in [0.05, 0.1) is 0 Å². The van der Waals surface area contributed by atoms with Crippen LogP contribution in [0.5, 0.6) is 17.2 Å².